The second-order valence-electron chi connectivity index (χ2n) is 11.4. The number of amides is 3. The van der Waals surface area contributed by atoms with Gasteiger partial charge in [-0.2, -0.15) is 0 Å². The monoisotopic (exact) mass is 633 g/mol. The number of benzene rings is 1. The van der Waals surface area contributed by atoms with E-state index < -0.39 is 72.1 Å². The van der Waals surface area contributed by atoms with Gasteiger partial charge in [0.05, 0.1) is 12.8 Å². The number of nitrogens with zero attached hydrogens (tertiary/aromatic N) is 1. The Balaban J connectivity index is 1.51. The van der Waals surface area contributed by atoms with Gasteiger partial charge in [-0.25, -0.2) is 9.59 Å². The summed E-state index contributed by atoms with van der Waals surface area (Å²) >= 11 is 1.16. The molecule has 2 heterocycles. The summed E-state index contributed by atoms with van der Waals surface area (Å²) in [4.78, 5) is 85.0. The Morgan fingerprint density at radius 2 is 1.68 bits per heavy atom. The van der Waals surface area contributed by atoms with Crippen LogP contribution in [0.5, 0.6) is 0 Å². The van der Waals surface area contributed by atoms with Crippen molar-refractivity contribution < 1.29 is 53.6 Å². The first-order valence-corrected chi connectivity index (χ1v) is 14.9. The predicted octanol–water partition coefficient (Wildman–Crippen LogP) is 1.48. The van der Waals surface area contributed by atoms with Crippen molar-refractivity contribution in [1.29, 1.82) is 0 Å². The van der Waals surface area contributed by atoms with E-state index in [2.05, 4.69) is 10.6 Å². The molecule has 5 N–H and O–H groups in total. The molecule has 3 rings (SSSR count). The number of carboxylic acids is 3. The van der Waals surface area contributed by atoms with Crippen molar-refractivity contribution in [3.05, 3.63) is 46.7 Å². The van der Waals surface area contributed by atoms with E-state index in [0.717, 1.165) is 22.2 Å². The van der Waals surface area contributed by atoms with Crippen LogP contribution in [-0.2, 0) is 38.9 Å². The highest BCUT2D eigenvalue weighted by Gasteiger charge is 2.54. The average molecular weight is 634 g/mol. The van der Waals surface area contributed by atoms with Crippen molar-refractivity contribution in [2.75, 3.05) is 12.4 Å². The molecule has 2 aliphatic heterocycles. The second-order valence-corrected chi connectivity index (χ2v) is 12.5. The van der Waals surface area contributed by atoms with Gasteiger partial charge >= 0.3 is 23.9 Å². The lowest BCUT2D eigenvalue weighted by Gasteiger charge is -2.49. The zero-order valence-corrected chi connectivity index (χ0v) is 25.3. The Morgan fingerprint density at radius 1 is 1.02 bits per heavy atom. The fraction of sp³-hybridized carbons (Fsp3) is 0.483. The molecule has 1 saturated heterocycles. The van der Waals surface area contributed by atoms with E-state index in [1.165, 1.54) is 0 Å². The third-order valence-electron chi connectivity index (χ3n) is 7.03. The van der Waals surface area contributed by atoms with Crippen LogP contribution in [0.2, 0.25) is 0 Å². The molecule has 15 heteroatoms. The first-order valence-electron chi connectivity index (χ1n) is 13.8. The van der Waals surface area contributed by atoms with E-state index in [4.69, 9.17) is 9.84 Å². The molecule has 0 aromatic heterocycles. The summed E-state index contributed by atoms with van der Waals surface area (Å²) in [6, 6.07) is 4.59. The second kappa shape index (κ2) is 14.4. The first kappa shape index (κ1) is 34.1. The molecule has 3 amide bonds. The van der Waals surface area contributed by atoms with Gasteiger partial charge in [0.2, 0.25) is 5.91 Å². The largest absolute Gasteiger partial charge is 0.481 e. The normalized spacial score (nSPS) is 18.4. The number of carbonyl (C=O) groups is 7. The van der Waals surface area contributed by atoms with Crippen molar-refractivity contribution in [1.82, 2.24) is 15.5 Å². The number of thioether (sulfide) groups is 1. The van der Waals surface area contributed by atoms with Crippen LogP contribution in [0.15, 0.2) is 35.5 Å². The van der Waals surface area contributed by atoms with Crippen molar-refractivity contribution in [2.24, 2.45) is 0 Å². The van der Waals surface area contributed by atoms with E-state index in [-0.39, 0.29) is 48.1 Å². The highest BCUT2D eigenvalue weighted by atomic mass is 32.2. The maximum atomic E-state index is 12.8. The Kier molecular flexibility index (Phi) is 11.1. The summed E-state index contributed by atoms with van der Waals surface area (Å²) in [6.07, 6.45) is -0.919. The number of rotatable bonds is 14. The van der Waals surface area contributed by atoms with Gasteiger partial charge in [-0.3, -0.25) is 28.9 Å². The summed E-state index contributed by atoms with van der Waals surface area (Å²) < 4.78 is 4.98. The number of carbonyl (C=O) groups excluding carboxylic acids is 4. The number of esters is 1. The van der Waals surface area contributed by atoms with E-state index >= 15 is 0 Å². The molecule has 3 atom stereocenters. The zero-order valence-electron chi connectivity index (χ0n) is 24.5. The highest BCUT2D eigenvalue weighted by Crippen LogP contribution is 2.40. The fourth-order valence-electron chi connectivity index (χ4n) is 4.58. The van der Waals surface area contributed by atoms with E-state index in [9.17, 15) is 43.8 Å². The molecule has 0 saturated carbocycles. The number of β-lactam (4-membered cyclic amide) rings is 1. The van der Waals surface area contributed by atoms with Gasteiger partial charge < -0.3 is 30.7 Å². The minimum atomic E-state index is -1.42. The smallest absolute Gasteiger partial charge is 0.352 e. The fourth-order valence-corrected chi connectivity index (χ4v) is 5.90. The quantitative estimate of drug-likeness (QED) is 0.145. The van der Waals surface area contributed by atoms with Crippen LogP contribution in [0.25, 0.3) is 0 Å². The van der Waals surface area contributed by atoms with E-state index in [1.807, 2.05) is 20.8 Å². The lowest BCUT2D eigenvalue weighted by Crippen LogP contribution is -2.70. The van der Waals surface area contributed by atoms with Crippen molar-refractivity contribution in [2.45, 2.75) is 75.7 Å². The van der Waals surface area contributed by atoms with Crippen LogP contribution in [0.1, 0.15) is 68.8 Å². The molecule has 0 bridgehead atoms. The van der Waals surface area contributed by atoms with Gasteiger partial charge in [0.1, 0.15) is 29.8 Å². The molecule has 2 aliphatic rings. The molecule has 1 aromatic rings. The molecule has 14 nitrogen and oxygen atoms in total. The van der Waals surface area contributed by atoms with Gasteiger partial charge in [0.15, 0.2) is 0 Å². The van der Waals surface area contributed by atoms with Gasteiger partial charge in [-0.05, 0) is 36.0 Å². The van der Waals surface area contributed by atoms with Crippen LogP contribution in [0.3, 0.4) is 0 Å². The number of carboxylic acid groups (broad SMARTS) is 3. The molecular weight excluding hydrogens is 598 g/mol. The maximum Gasteiger partial charge on any atom is 0.352 e. The summed E-state index contributed by atoms with van der Waals surface area (Å²) in [5.41, 5.74) is 1.00. The Morgan fingerprint density at radius 3 is 2.25 bits per heavy atom. The molecule has 0 aliphatic carbocycles. The van der Waals surface area contributed by atoms with Crippen molar-refractivity contribution in [3.8, 4) is 0 Å². The van der Waals surface area contributed by atoms with Gasteiger partial charge in [0.25, 0.3) is 11.8 Å². The maximum absolute atomic E-state index is 12.8. The highest BCUT2D eigenvalue weighted by molar-refractivity contribution is 8.00. The topological polar surface area (TPSA) is 217 Å². The number of aliphatic carboxylic acids is 3. The molecular formula is C29H35N3O11S. The van der Waals surface area contributed by atoms with E-state index in [0.29, 0.717) is 5.56 Å². The standard InChI is InChI=1S/C29H35N3O11S/c1-29(2,3)17-9-7-15(8-10-17)24(37)30-18(27(39)40)5-4-6-19(33)31-22-25(38)32-23(28(41)42)16(14-44-26(22)32)13-43-21(36)12-11-20(34)35/h7-10,18,22,26H,4-6,11-14H2,1-3H3,(H,30,37)(H,31,33)(H,34,35)(H,39,40)(H,41,42)/t18?,22-,26+/m1/s1. The summed E-state index contributed by atoms with van der Waals surface area (Å²) in [7, 11) is 0. The number of hydrogen-bond acceptors (Lipinski definition) is 9. The minimum Gasteiger partial charge on any atom is -0.481 e. The van der Waals surface area contributed by atoms with Crippen LogP contribution >= 0.6 is 11.8 Å². The third-order valence-corrected chi connectivity index (χ3v) is 8.37. The van der Waals surface area contributed by atoms with Crippen LogP contribution < -0.4 is 10.6 Å². The number of fused-ring (bicyclic) bond motifs is 1. The number of nitrogens with one attached hydrogen (secondary N) is 2. The van der Waals surface area contributed by atoms with Gasteiger partial charge in [0, 0.05) is 23.3 Å². The molecule has 0 radical (unpaired) electrons. The average Bonchev–Trinajstić information content (AvgIpc) is 2.95. The lowest BCUT2D eigenvalue weighted by atomic mass is 9.86. The van der Waals surface area contributed by atoms with Gasteiger partial charge in [-0.1, -0.05) is 32.9 Å². The van der Waals surface area contributed by atoms with E-state index in [1.54, 1.807) is 24.3 Å². The zero-order chi connectivity index (χ0) is 32.8. The Labute approximate surface area is 257 Å². The summed E-state index contributed by atoms with van der Waals surface area (Å²) in [5, 5.41) is 32.3. The Hall–Kier alpha value is -4.40. The van der Waals surface area contributed by atoms with Crippen molar-refractivity contribution >= 4 is 53.4 Å². The third kappa shape index (κ3) is 8.58. The molecule has 1 fully saturated rings. The summed E-state index contributed by atoms with van der Waals surface area (Å²) in [5.74, 6) is -6.37. The lowest BCUT2D eigenvalue weighted by molar-refractivity contribution is -0.151. The van der Waals surface area contributed by atoms with Crippen molar-refractivity contribution in [3.63, 3.8) is 0 Å². The van der Waals surface area contributed by atoms with Crippen LogP contribution in [-0.4, -0.2) is 91.6 Å². The molecule has 44 heavy (non-hydrogen) atoms. The number of ether oxygens (including phenoxy) is 1. The molecule has 1 unspecified atom stereocenters. The first-order chi connectivity index (χ1) is 20.6. The molecule has 1 aromatic carbocycles. The minimum absolute atomic E-state index is 0.0437. The predicted molar refractivity (Wildman–Crippen MR) is 155 cm³/mol. The van der Waals surface area contributed by atoms with Crippen LogP contribution in [0, 0.1) is 0 Å². The molecule has 238 valence electrons. The SMILES string of the molecule is CC(C)(C)c1ccc(C(=O)NC(CCCC(=O)N[C@@H]2C(=O)N3C(C(=O)O)=C(COC(=O)CCC(=O)O)CS[C@@H]23)C(=O)O)cc1. The van der Waals surface area contributed by atoms with Gasteiger partial charge in [-0.15, -0.1) is 11.8 Å². The van der Waals surface area contributed by atoms with Crippen LogP contribution in [0.4, 0.5) is 0 Å². The molecule has 0 spiro atoms. The summed E-state index contributed by atoms with van der Waals surface area (Å²) in [6.45, 7) is 5.66. The number of hydrogen-bond donors (Lipinski definition) is 5. The Bertz CT molecular complexity index is 1370.